The third kappa shape index (κ3) is 5.15. The van der Waals surface area contributed by atoms with Crippen LogP contribution in [-0.2, 0) is 11.3 Å². The minimum absolute atomic E-state index is 0.354. The lowest BCUT2D eigenvalue weighted by Gasteiger charge is -2.07. The number of hydrogen-bond donors (Lipinski definition) is 0. The highest BCUT2D eigenvalue weighted by Gasteiger charge is 2.04. The number of rotatable bonds is 6. The van der Waals surface area contributed by atoms with Crippen LogP contribution in [0.3, 0.4) is 0 Å². The minimum Gasteiger partial charge on any atom is -0.489 e. The van der Waals surface area contributed by atoms with Gasteiger partial charge in [0, 0.05) is 12.4 Å². The Kier molecular flexibility index (Phi) is 6.18. The van der Waals surface area contributed by atoms with Crippen molar-refractivity contribution in [1.82, 2.24) is 4.98 Å². The van der Waals surface area contributed by atoms with Gasteiger partial charge in [0.2, 0.25) is 0 Å². The summed E-state index contributed by atoms with van der Waals surface area (Å²) >= 11 is 5.98. The van der Waals surface area contributed by atoms with Gasteiger partial charge in [-0.25, -0.2) is 9.78 Å². The Morgan fingerprint density at radius 3 is 2.52 bits per heavy atom. The van der Waals surface area contributed by atoms with E-state index >= 15 is 0 Å². The van der Waals surface area contributed by atoms with Crippen LogP contribution >= 0.6 is 11.6 Å². The summed E-state index contributed by atoms with van der Waals surface area (Å²) in [5.74, 6) is 0.385. The number of hydrogen-bond acceptors (Lipinski definition) is 5. The minimum atomic E-state index is -0.354. The molecule has 1 heterocycles. The van der Waals surface area contributed by atoms with Crippen LogP contribution < -0.4 is 4.74 Å². The van der Waals surface area contributed by atoms with Crippen molar-refractivity contribution in [3.63, 3.8) is 0 Å². The lowest BCUT2D eigenvalue weighted by Crippen LogP contribution is -2.02. The normalized spacial score (nSPS) is 10.7. The molecule has 0 saturated heterocycles. The summed E-state index contributed by atoms with van der Waals surface area (Å²) in [7, 11) is 1.36. The first-order chi connectivity index (χ1) is 13.2. The van der Waals surface area contributed by atoms with Crippen LogP contribution in [0.4, 0.5) is 5.69 Å². The highest BCUT2D eigenvalue weighted by Crippen LogP contribution is 2.21. The summed E-state index contributed by atoms with van der Waals surface area (Å²) in [6.45, 7) is 0.403. The monoisotopic (exact) mass is 380 g/mol. The number of halogens is 1. The average Bonchev–Trinajstić information content (AvgIpc) is 2.72. The van der Waals surface area contributed by atoms with Crippen molar-refractivity contribution < 1.29 is 14.3 Å². The summed E-state index contributed by atoms with van der Waals surface area (Å²) in [4.78, 5) is 19.7. The van der Waals surface area contributed by atoms with Crippen molar-refractivity contribution >= 4 is 29.5 Å². The van der Waals surface area contributed by atoms with Crippen LogP contribution in [0.2, 0.25) is 5.15 Å². The van der Waals surface area contributed by atoms with E-state index in [2.05, 4.69) is 14.7 Å². The van der Waals surface area contributed by atoms with E-state index in [9.17, 15) is 4.79 Å². The topological polar surface area (TPSA) is 60.8 Å². The molecule has 5 nitrogen and oxygen atoms in total. The standard InChI is InChI=1S/C21H17ClN2O3/c1-26-21(25)17-8-4-16(5-9-17)14-27-18-10-6-15(7-11-18)13-24-19-3-2-12-23-20(19)22/h2-13H,14H2,1H3. The Morgan fingerprint density at radius 1 is 1.11 bits per heavy atom. The van der Waals surface area contributed by atoms with Crippen molar-refractivity contribution in [3.8, 4) is 5.75 Å². The lowest BCUT2D eigenvalue weighted by molar-refractivity contribution is 0.0600. The van der Waals surface area contributed by atoms with Crippen molar-refractivity contribution in [2.75, 3.05) is 7.11 Å². The second-order valence-electron chi connectivity index (χ2n) is 5.62. The molecule has 0 bridgehead atoms. The highest BCUT2D eigenvalue weighted by atomic mass is 35.5. The molecule has 0 fully saturated rings. The molecule has 1 aromatic heterocycles. The Balaban J connectivity index is 1.58. The van der Waals surface area contributed by atoms with Gasteiger partial charge in [-0.3, -0.25) is 4.99 Å². The van der Waals surface area contributed by atoms with Gasteiger partial charge in [0.05, 0.1) is 12.7 Å². The number of pyridine rings is 1. The molecule has 0 aliphatic carbocycles. The Hall–Kier alpha value is -3.18. The van der Waals surface area contributed by atoms with Gasteiger partial charge in [-0.2, -0.15) is 0 Å². The maximum absolute atomic E-state index is 11.4. The van der Waals surface area contributed by atoms with Crippen LogP contribution in [-0.4, -0.2) is 24.3 Å². The van der Waals surface area contributed by atoms with Gasteiger partial charge in [0.25, 0.3) is 0 Å². The molecule has 0 radical (unpaired) electrons. The van der Waals surface area contributed by atoms with Gasteiger partial charge in [-0.05, 0) is 59.7 Å². The number of aliphatic imine (C=N–C) groups is 1. The molecule has 0 spiro atoms. The highest BCUT2D eigenvalue weighted by molar-refractivity contribution is 6.31. The van der Waals surface area contributed by atoms with Gasteiger partial charge < -0.3 is 9.47 Å². The number of esters is 1. The Bertz CT molecular complexity index is 938. The fourth-order valence-electron chi connectivity index (χ4n) is 2.29. The van der Waals surface area contributed by atoms with Gasteiger partial charge in [-0.1, -0.05) is 23.7 Å². The van der Waals surface area contributed by atoms with Crippen molar-refractivity contribution in [2.45, 2.75) is 6.61 Å². The van der Waals surface area contributed by atoms with E-state index in [4.69, 9.17) is 16.3 Å². The summed E-state index contributed by atoms with van der Waals surface area (Å²) in [5.41, 5.74) is 3.01. The zero-order chi connectivity index (χ0) is 19.1. The fraction of sp³-hybridized carbons (Fsp3) is 0.0952. The largest absolute Gasteiger partial charge is 0.489 e. The third-order valence-electron chi connectivity index (χ3n) is 3.75. The molecule has 6 heteroatoms. The van der Waals surface area contributed by atoms with Crippen LogP contribution in [0.15, 0.2) is 71.9 Å². The van der Waals surface area contributed by atoms with Crippen molar-refractivity contribution in [2.24, 2.45) is 4.99 Å². The second kappa shape index (κ2) is 8.96. The third-order valence-corrected chi connectivity index (χ3v) is 4.04. The van der Waals surface area contributed by atoms with Crippen LogP contribution in [0, 0.1) is 0 Å². The molecule has 3 aromatic rings. The predicted octanol–water partition coefficient (Wildman–Crippen LogP) is 4.85. The van der Waals surface area contributed by atoms with Crippen LogP contribution in [0.5, 0.6) is 5.75 Å². The van der Waals surface area contributed by atoms with Gasteiger partial charge in [-0.15, -0.1) is 0 Å². The number of benzene rings is 2. The van der Waals surface area contributed by atoms with Crippen LogP contribution in [0.1, 0.15) is 21.5 Å². The molecular weight excluding hydrogens is 364 g/mol. The van der Waals surface area contributed by atoms with E-state index in [0.717, 1.165) is 16.9 Å². The van der Waals surface area contributed by atoms with E-state index in [1.807, 2.05) is 36.4 Å². The maximum Gasteiger partial charge on any atom is 0.337 e. The Labute approximate surface area is 162 Å². The zero-order valence-electron chi connectivity index (χ0n) is 14.6. The molecule has 2 aromatic carbocycles. The summed E-state index contributed by atoms with van der Waals surface area (Å²) in [6, 6.07) is 18.2. The first-order valence-corrected chi connectivity index (χ1v) is 8.58. The fourth-order valence-corrected chi connectivity index (χ4v) is 2.46. The number of nitrogens with zero attached hydrogens (tertiary/aromatic N) is 2. The van der Waals surface area contributed by atoms with E-state index in [1.165, 1.54) is 7.11 Å². The van der Waals surface area contributed by atoms with E-state index < -0.39 is 0 Å². The molecule has 27 heavy (non-hydrogen) atoms. The lowest BCUT2D eigenvalue weighted by atomic mass is 10.1. The van der Waals surface area contributed by atoms with Crippen molar-refractivity contribution in [3.05, 3.63) is 88.7 Å². The molecule has 0 amide bonds. The smallest absolute Gasteiger partial charge is 0.337 e. The molecule has 0 N–H and O–H groups in total. The van der Waals surface area contributed by atoms with E-state index in [0.29, 0.717) is 23.0 Å². The number of aromatic nitrogens is 1. The quantitative estimate of drug-likeness (QED) is 0.348. The molecule has 0 aliphatic rings. The predicted molar refractivity (Wildman–Crippen MR) is 105 cm³/mol. The van der Waals surface area contributed by atoms with Gasteiger partial charge in [0.15, 0.2) is 5.15 Å². The second-order valence-corrected chi connectivity index (χ2v) is 5.98. The average molecular weight is 381 g/mol. The van der Waals surface area contributed by atoms with Gasteiger partial charge >= 0.3 is 5.97 Å². The van der Waals surface area contributed by atoms with E-state index in [1.54, 1.807) is 36.7 Å². The molecule has 3 rings (SSSR count). The molecule has 0 atom stereocenters. The molecule has 0 saturated carbocycles. The molecular formula is C21H17ClN2O3. The van der Waals surface area contributed by atoms with Crippen LogP contribution in [0.25, 0.3) is 0 Å². The number of methoxy groups -OCH3 is 1. The maximum atomic E-state index is 11.4. The zero-order valence-corrected chi connectivity index (χ0v) is 15.4. The molecule has 0 aliphatic heterocycles. The van der Waals surface area contributed by atoms with E-state index in [-0.39, 0.29) is 5.97 Å². The summed E-state index contributed by atoms with van der Waals surface area (Å²) < 4.78 is 10.4. The summed E-state index contributed by atoms with van der Waals surface area (Å²) in [5, 5.41) is 0.368. The number of carbonyl (C=O) groups is 1. The van der Waals surface area contributed by atoms with Gasteiger partial charge in [0.1, 0.15) is 18.0 Å². The van der Waals surface area contributed by atoms with Crippen molar-refractivity contribution in [1.29, 1.82) is 0 Å². The molecule has 0 unspecified atom stereocenters. The first kappa shape index (κ1) is 18.6. The number of ether oxygens (including phenoxy) is 2. The SMILES string of the molecule is COC(=O)c1ccc(COc2ccc(C=Nc3cccnc3Cl)cc2)cc1. The molecule has 136 valence electrons. The first-order valence-electron chi connectivity index (χ1n) is 8.20. The number of carbonyl (C=O) groups excluding carboxylic acids is 1. The summed E-state index contributed by atoms with van der Waals surface area (Å²) in [6.07, 6.45) is 3.34. The Morgan fingerprint density at radius 2 is 1.85 bits per heavy atom.